The van der Waals surface area contributed by atoms with Crippen molar-refractivity contribution in [3.05, 3.63) is 47.7 Å². The SMILES string of the molecule is Cc1cccc(-c2cc(-c3cc(C)nn3CC(=O)OCCN(C)C)no2)c1. The van der Waals surface area contributed by atoms with Crippen LogP contribution in [-0.4, -0.2) is 53.1 Å². The van der Waals surface area contributed by atoms with Gasteiger partial charge >= 0.3 is 5.97 Å². The second-order valence-corrected chi connectivity index (χ2v) is 6.80. The molecule has 0 radical (unpaired) electrons. The normalized spacial score (nSPS) is 11.1. The molecular formula is C20H24N4O3. The summed E-state index contributed by atoms with van der Waals surface area (Å²) >= 11 is 0. The van der Waals surface area contributed by atoms with E-state index < -0.39 is 0 Å². The first-order chi connectivity index (χ1) is 12.9. The van der Waals surface area contributed by atoms with Gasteiger partial charge in [0.15, 0.2) is 5.76 Å². The van der Waals surface area contributed by atoms with E-state index in [2.05, 4.69) is 10.3 Å². The van der Waals surface area contributed by atoms with Crippen LogP contribution in [0.5, 0.6) is 0 Å². The predicted octanol–water partition coefficient (Wildman–Crippen LogP) is 2.93. The Morgan fingerprint density at radius 2 is 2.04 bits per heavy atom. The Balaban J connectivity index is 1.77. The summed E-state index contributed by atoms with van der Waals surface area (Å²) in [7, 11) is 3.86. The number of esters is 1. The third kappa shape index (κ3) is 4.83. The van der Waals surface area contributed by atoms with Crippen molar-refractivity contribution in [2.45, 2.75) is 20.4 Å². The van der Waals surface area contributed by atoms with Crippen molar-refractivity contribution >= 4 is 5.97 Å². The number of hydrogen-bond donors (Lipinski definition) is 0. The van der Waals surface area contributed by atoms with Crippen LogP contribution in [0.3, 0.4) is 0 Å². The van der Waals surface area contributed by atoms with Gasteiger partial charge in [0.05, 0.1) is 11.4 Å². The number of ether oxygens (including phenoxy) is 1. The van der Waals surface area contributed by atoms with E-state index in [0.29, 0.717) is 24.6 Å². The third-order valence-electron chi connectivity index (χ3n) is 4.06. The molecule has 2 heterocycles. The van der Waals surface area contributed by atoms with Crippen LogP contribution < -0.4 is 0 Å². The fraction of sp³-hybridized carbons (Fsp3) is 0.350. The van der Waals surface area contributed by atoms with Gasteiger partial charge in [0.2, 0.25) is 0 Å². The minimum atomic E-state index is -0.330. The molecule has 0 aliphatic heterocycles. The molecular weight excluding hydrogens is 344 g/mol. The Hall–Kier alpha value is -2.93. The molecule has 3 aromatic rings. The fourth-order valence-electron chi connectivity index (χ4n) is 2.71. The van der Waals surface area contributed by atoms with Gasteiger partial charge < -0.3 is 14.2 Å². The van der Waals surface area contributed by atoms with E-state index in [9.17, 15) is 4.79 Å². The highest BCUT2D eigenvalue weighted by Crippen LogP contribution is 2.27. The number of benzene rings is 1. The number of aryl methyl sites for hydroxylation is 2. The van der Waals surface area contributed by atoms with Gasteiger partial charge in [-0.2, -0.15) is 5.10 Å². The highest BCUT2D eigenvalue weighted by atomic mass is 16.5. The van der Waals surface area contributed by atoms with E-state index in [1.807, 2.05) is 69.2 Å². The summed E-state index contributed by atoms with van der Waals surface area (Å²) in [6, 6.07) is 11.8. The molecule has 0 aliphatic rings. The van der Waals surface area contributed by atoms with Gasteiger partial charge in [0, 0.05) is 18.2 Å². The number of hydrogen-bond acceptors (Lipinski definition) is 6. The Morgan fingerprint density at radius 1 is 1.22 bits per heavy atom. The van der Waals surface area contributed by atoms with Crippen LogP contribution in [0.2, 0.25) is 0 Å². The van der Waals surface area contributed by atoms with E-state index >= 15 is 0 Å². The van der Waals surface area contributed by atoms with Gasteiger partial charge in [-0.3, -0.25) is 9.48 Å². The lowest BCUT2D eigenvalue weighted by molar-refractivity contribution is -0.144. The number of nitrogens with zero attached hydrogens (tertiary/aromatic N) is 4. The maximum Gasteiger partial charge on any atom is 0.327 e. The average Bonchev–Trinajstić information content (AvgIpc) is 3.21. The van der Waals surface area contributed by atoms with Gasteiger partial charge in [0.1, 0.15) is 18.8 Å². The van der Waals surface area contributed by atoms with Crippen LogP contribution in [0, 0.1) is 13.8 Å². The highest BCUT2D eigenvalue weighted by Gasteiger charge is 2.16. The number of aromatic nitrogens is 3. The van der Waals surface area contributed by atoms with Crippen molar-refractivity contribution in [2.24, 2.45) is 0 Å². The Morgan fingerprint density at radius 3 is 2.78 bits per heavy atom. The second-order valence-electron chi connectivity index (χ2n) is 6.80. The van der Waals surface area contributed by atoms with Crippen LogP contribution in [0.4, 0.5) is 0 Å². The maximum atomic E-state index is 12.1. The molecule has 0 amide bonds. The monoisotopic (exact) mass is 368 g/mol. The number of rotatable bonds is 7. The van der Waals surface area contributed by atoms with Crippen molar-refractivity contribution in [1.82, 2.24) is 19.8 Å². The van der Waals surface area contributed by atoms with Crippen LogP contribution in [0.1, 0.15) is 11.3 Å². The molecule has 0 atom stereocenters. The fourth-order valence-corrected chi connectivity index (χ4v) is 2.71. The van der Waals surface area contributed by atoms with Gasteiger partial charge in [-0.1, -0.05) is 28.9 Å². The average molecular weight is 368 g/mol. The topological polar surface area (TPSA) is 73.4 Å². The number of carbonyl (C=O) groups excluding carboxylic acids is 1. The number of carbonyl (C=O) groups is 1. The van der Waals surface area contributed by atoms with Crippen molar-refractivity contribution < 1.29 is 14.1 Å². The first-order valence-corrected chi connectivity index (χ1v) is 8.81. The Labute approximate surface area is 158 Å². The van der Waals surface area contributed by atoms with Gasteiger partial charge in [-0.05, 0) is 40.1 Å². The lowest BCUT2D eigenvalue weighted by Crippen LogP contribution is -2.22. The summed E-state index contributed by atoms with van der Waals surface area (Å²) in [4.78, 5) is 14.1. The van der Waals surface area contributed by atoms with Crippen LogP contribution in [-0.2, 0) is 16.1 Å². The summed E-state index contributed by atoms with van der Waals surface area (Å²) < 4.78 is 12.4. The van der Waals surface area contributed by atoms with Crippen molar-refractivity contribution in [3.63, 3.8) is 0 Å². The molecule has 7 heteroatoms. The zero-order valence-electron chi connectivity index (χ0n) is 16.1. The van der Waals surface area contributed by atoms with E-state index in [0.717, 1.165) is 22.5 Å². The first kappa shape index (κ1) is 18.8. The zero-order chi connectivity index (χ0) is 19.4. The van der Waals surface area contributed by atoms with Crippen LogP contribution in [0.25, 0.3) is 22.7 Å². The van der Waals surface area contributed by atoms with E-state index in [1.54, 1.807) is 4.68 Å². The minimum absolute atomic E-state index is 0.0310. The number of likely N-dealkylation sites (N-methyl/N-ethyl adjacent to an activating group) is 1. The molecule has 0 spiro atoms. The molecule has 0 bridgehead atoms. The molecule has 2 aromatic heterocycles. The van der Waals surface area contributed by atoms with Crippen molar-refractivity contribution in [3.8, 4) is 22.7 Å². The molecule has 27 heavy (non-hydrogen) atoms. The quantitative estimate of drug-likeness (QED) is 0.597. The molecule has 0 N–H and O–H groups in total. The van der Waals surface area contributed by atoms with Crippen molar-refractivity contribution in [1.29, 1.82) is 0 Å². The van der Waals surface area contributed by atoms with E-state index in [-0.39, 0.29) is 12.5 Å². The smallest absolute Gasteiger partial charge is 0.327 e. The van der Waals surface area contributed by atoms with Gasteiger partial charge in [-0.25, -0.2) is 0 Å². The summed E-state index contributed by atoms with van der Waals surface area (Å²) in [5.41, 5.74) is 4.26. The molecule has 0 saturated heterocycles. The maximum absolute atomic E-state index is 12.1. The molecule has 0 saturated carbocycles. The van der Waals surface area contributed by atoms with E-state index in [4.69, 9.17) is 9.26 Å². The molecule has 7 nitrogen and oxygen atoms in total. The summed E-state index contributed by atoms with van der Waals surface area (Å²) in [6.45, 7) is 4.96. The molecule has 0 unspecified atom stereocenters. The van der Waals surface area contributed by atoms with Gasteiger partial charge in [0.25, 0.3) is 0 Å². The highest BCUT2D eigenvalue weighted by molar-refractivity contribution is 5.71. The van der Waals surface area contributed by atoms with Gasteiger partial charge in [-0.15, -0.1) is 0 Å². The third-order valence-corrected chi connectivity index (χ3v) is 4.06. The summed E-state index contributed by atoms with van der Waals surface area (Å²) in [6.07, 6.45) is 0. The van der Waals surface area contributed by atoms with Crippen LogP contribution >= 0.6 is 0 Å². The predicted molar refractivity (Wildman–Crippen MR) is 102 cm³/mol. The molecule has 0 fully saturated rings. The second kappa shape index (κ2) is 8.18. The molecule has 3 rings (SSSR count). The molecule has 142 valence electrons. The lowest BCUT2D eigenvalue weighted by atomic mass is 10.1. The summed E-state index contributed by atoms with van der Waals surface area (Å²) in [5, 5.41) is 8.55. The lowest BCUT2D eigenvalue weighted by Gasteiger charge is -2.10. The van der Waals surface area contributed by atoms with Crippen LogP contribution in [0.15, 0.2) is 40.9 Å². The first-order valence-electron chi connectivity index (χ1n) is 8.81. The van der Waals surface area contributed by atoms with Crippen molar-refractivity contribution in [2.75, 3.05) is 27.2 Å². The largest absolute Gasteiger partial charge is 0.463 e. The Bertz CT molecular complexity index is 927. The molecule has 1 aromatic carbocycles. The van der Waals surface area contributed by atoms with E-state index in [1.165, 1.54) is 0 Å². The Kier molecular flexibility index (Phi) is 5.71. The minimum Gasteiger partial charge on any atom is -0.463 e. The standard InChI is InChI=1S/C20H24N4O3/c1-14-6-5-7-16(10-14)19-12-17(22-27-19)18-11-15(2)21-24(18)13-20(25)26-9-8-23(3)4/h5-7,10-12H,8-9,13H2,1-4H3. The zero-order valence-corrected chi connectivity index (χ0v) is 16.1. The summed E-state index contributed by atoms with van der Waals surface area (Å²) in [5.74, 6) is 0.344. The molecule has 0 aliphatic carbocycles.